The van der Waals surface area contributed by atoms with E-state index in [0.29, 0.717) is 6.54 Å². The Morgan fingerprint density at radius 1 is 1.53 bits per heavy atom. The van der Waals surface area contributed by atoms with Crippen LogP contribution in [-0.2, 0) is 11.3 Å². The number of rotatable bonds is 6. The first-order chi connectivity index (χ1) is 8.90. The maximum absolute atomic E-state index is 11.9. The Balaban J connectivity index is 2.98. The summed E-state index contributed by atoms with van der Waals surface area (Å²) in [5, 5.41) is 21.8. The van der Waals surface area contributed by atoms with Gasteiger partial charge in [0.1, 0.15) is 11.7 Å². The Kier molecular flexibility index (Phi) is 4.62. The fraction of sp³-hybridized carbons (Fsp3) is 0.455. The van der Waals surface area contributed by atoms with E-state index in [4.69, 9.17) is 5.11 Å². The topological polar surface area (TPSA) is 114 Å². The predicted molar refractivity (Wildman–Crippen MR) is 65.9 cm³/mol. The van der Waals surface area contributed by atoms with Crippen molar-refractivity contribution >= 4 is 17.6 Å². The van der Waals surface area contributed by atoms with Crippen LogP contribution in [0.5, 0.6) is 0 Å². The van der Waals surface area contributed by atoms with Crippen LogP contribution in [0.15, 0.2) is 12.3 Å². The number of carbonyl (C=O) groups is 2. The number of aryl methyl sites for hydroxylation is 1. The van der Waals surface area contributed by atoms with E-state index >= 15 is 0 Å². The van der Waals surface area contributed by atoms with Crippen molar-refractivity contribution in [1.82, 2.24) is 9.88 Å². The molecule has 8 nitrogen and oxygen atoms in total. The second-order valence-corrected chi connectivity index (χ2v) is 3.90. The lowest BCUT2D eigenvalue weighted by Gasteiger charge is -2.12. The van der Waals surface area contributed by atoms with Crippen LogP contribution in [0.25, 0.3) is 0 Å². The molecule has 1 aromatic heterocycles. The van der Waals surface area contributed by atoms with Crippen LogP contribution in [0.3, 0.4) is 0 Å². The van der Waals surface area contributed by atoms with Crippen molar-refractivity contribution in [3.8, 4) is 0 Å². The highest BCUT2D eigenvalue weighted by atomic mass is 16.6. The second-order valence-electron chi connectivity index (χ2n) is 3.90. The number of nitrogens with zero attached hydrogens (tertiary/aromatic N) is 2. The lowest BCUT2D eigenvalue weighted by molar-refractivity contribution is -0.384. The molecule has 1 heterocycles. The number of aliphatic carboxylic acids is 1. The molecule has 1 unspecified atom stereocenters. The zero-order valence-electron chi connectivity index (χ0n) is 10.6. The van der Waals surface area contributed by atoms with Crippen molar-refractivity contribution in [1.29, 1.82) is 0 Å². The summed E-state index contributed by atoms with van der Waals surface area (Å²) in [5.74, 6) is -1.77. The van der Waals surface area contributed by atoms with Gasteiger partial charge in [-0.3, -0.25) is 14.9 Å². The molecule has 0 radical (unpaired) electrons. The summed E-state index contributed by atoms with van der Waals surface area (Å²) in [4.78, 5) is 32.8. The number of nitrogens with one attached hydrogen (secondary N) is 1. The highest BCUT2D eigenvalue weighted by Gasteiger charge is 2.23. The van der Waals surface area contributed by atoms with Gasteiger partial charge < -0.3 is 15.0 Å². The molecule has 104 valence electrons. The number of amides is 1. The zero-order valence-corrected chi connectivity index (χ0v) is 10.6. The molecule has 0 spiro atoms. The van der Waals surface area contributed by atoms with Crippen LogP contribution < -0.4 is 5.32 Å². The first kappa shape index (κ1) is 14.7. The molecule has 19 heavy (non-hydrogen) atoms. The Bertz CT molecular complexity index is 508. The number of carbonyl (C=O) groups excluding carboxylic acids is 1. The smallest absolute Gasteiger partial charge is 0.326 e. The Labute approximate surface area is 109 Å². The van der Waals surface area contributed by atoms with Gasteiger partial charge in [-0.1, -0.05) is 6.92 Å². The quantitative estimate of drug-likeness (QED) is 0.590. The van der Waals surface area contributed by atoms with Gasteiger partial charge in [0.05, 0.1) is 11.1 Å². The average molecular weight is 269 g/mol. The van der Waals surface area contributed by atoms with E-state index in [-0.39, 0.29) is 17.8 Å². The molecule has 0 bridgehead atoms. The molecule has 2 N–H and O–H groups in total. The minimum absolute atomic E-state index is 0.0777. The molecule has 0 aliphatic heterocycles. The molecular weight excluding hydrogens is 254 g/mol. The number of aromatic nitrogens is 1. The molecule has 0 aliphatic rings. The molecule has 0 saturated carbocycles. The van der Waals surface area contributed by atoms with Crippen molar-refractivity contribution < 1.29 is 19.6 Å². The molecule has 0 saturated heterocycles. The van der Waals surface area contributed by atoms with E-state index in [0.717, 1.165) is 6.07 Å². The van der Waals surface area contributed by atoms with Crippen LogP contribution in [-0.4, -0.2) is 32.5 Å². The van der Waals surface area contributed by atoms with Crippen molar-refractivity contribution in [3.63, 3.8) is 0 Å². The zero-order chi connectivity index (χ0) is 14.6. The number of hydrogen-bond acceptors (Lipinski definition) is 4. The molecule has 0 fully saturated rings. The molecule has 1 rings (SSSR count). The average Bonchev–Trinajstić information content (AvgIpc) is 2.79. The third-order valence-corrected chi connectivity index (χ3v) is 2.68. The molecule has 1 atom stereocenters. The van der Waals surface area contributed by atoms with Crippen molar-refractivity contribution in [3.05, 3.63) is 28.1 Å². The van der Waals surface area contributed by atoms with Gasteiger partial charge in [0, 0.05) is 12.6 Å². The van der Waals surface area contributed by atoms with E-state index in [1.165, 1.54) is 10.8 Å². The highest BCUT2D eigenvalue weighted by Crippen LogP contribution is 2.16. The normalized spacial score (nSPS) is 11.9. The minimum Gasteiger partial charge on any atom is -0.480 e. The Morgan fingerprint density at radius 2 is 2.16 bits per heavy atom. The van der Waals surface area contributed by atoms with E-state index in [2.05, 4.69) is 5.32 Å². The predicted octanol–water partition coefficient (Wildman–Crippen LogP) is 1.01. The lowest BCUT2D eigenvalue weighted by Crippen LogP contribution is -2.40. The summed E-state index contributed by atoms with van der Waals surface area (Å²) in [6, 6.07) is 0.125. The Morgan fingerprint density at radius 3 is 2.58 bits per heavy atom. The molecular formula is C11H15N3O5. The van der Waals surface area contributed by atoms with Gasteiger partial charge in [-0.2, -0.15) is 0 Å². The third-order valence-electron chi connectivity index (χ3n) is 2.68. The molecule has 8 heteroatoms. The van der Waals surface area contributed by atoms with Crippen LogP contribution >= 0.6 is 0 Å². The lowest BCUT2D eigenvalue weighted by atomic mass is 10.2. The van der Waals surface area contributed by atoms with Crippen LogP contribution in [0.1, 0.15) is 30.8 Å². The SMILES string of the molecule is CCC(NC(=O)c1cc([N+](=O)[O-])cn1CC)C(=O)O. The summed E-state index contributed by atoms with van der Waals surface area (Å²) in [7, 11) is 0. The van der Waals surface area contributed by atoms with Crippen LogP contribution in [0, 0.1) is 10.1 Å². The van der Waals surface area contributed by atoms with E-state index in [1.54, 1.807) is 13.8 Å². The number of carboxylic acid groups (broad SMARTS) is 1. The summed E-state index contributed by atoms with van der Waals surface area (Å²) in [6.45, 7) is 3.73. The van der Waals surface area contributed by atoms with Gasteiger partial charge in [0.2, 0.25) is 0 Å². The van der Waals surface area contributed by atoms with Crippen LogP contribution in [0.4, 0.5) is 5.69 Å². The minimum atomic E-state index is -1.14. The third kappa shape index (κ3) is 3.30. The molecule has 0 aliphatic carbocycles. The van der Waals surface area contributed by atoms with Crippen molar-refractivity contribution in [2.24, 2.45) is 0 Å². The van der Waals surface area contributed by atoms with Gasteiger partial charge in [-0.05, 0) is 13.3 Å². The summed E-state index contributed by atoms with van der Waals surface area (Å²) in [5.41, 5.74) is -0.121. The summed E-state index contributed by atoms with van der Waals surface area (Å²) in [6.07, 6.45) is 1.48. The van der Waals surface area contributed by atoms with E-state index < -0.39 is 22.8 Å². The van der Waals surface area contributed by atoms with Crippen LogP contribution in [0.2, 0.25) is 0 Å². The fourth-order valence-corrected chi connectivity index (χ4v) is 1.62. The van der Waals surface area contributed by atoms with Gasteiger partial charge >= 0.3 is 5.97 Å². The fourth-order valence-electron chi connectivity index (χ4n) is 1.62. The van der Waals surface area contributed by atoms with E-state index in [9.17, 15) is 19.7 Å². The van der Waals surface area contributed by atoms with Gasteiger partial charge in [0.15, 0.2) is 0 Å². The largest absolute Gasteiger partial charge is 0.480 e. The number of nitro groups is 1. The van der Waals surface area contributed by atoms with E-state index in [1.807, 2.05) is 0 Å². The first-order valence-corrected chi connectivity index (χ1v) is 5.78. The maximum Gasteiger partial charge on any atom is 0.326 e. The Hall–Kier alpha value is -2.38. The second kappa shape index (κ2) is 5.98. The van der Waals surface area contributed by atoms with Crippen molar-refractivity contribution in [2.75, 3.05) is 0 Å². The van der Waals surface area contributed by atoms with Crippen molar-refractivity contribution in [2.45, 2.75) is 32.9 Å². The molecule has 1 aromatic rings. The summed E-state index contributed by atoms with van der Waals surface area (Å²) < 4.78 is 1.40. The first-order valence-electron chi connectivity index (χ1n) is 5.78. The standard InChI is InChI=1S/C11H15N3O5/c1-3-8(11(16)17)12-10(15)9-5-7(14(18)19)6-13(9)4-2/h5-6,8H,3-4H2,1-2H3,(H,12,15)(H,16,17). The van der Waals surface area contributed by atoms with Gasteiger partial charge in [-0.25, -0.2) is 4.79 Å². The van der Waals surface area contributed by atoms with Gasteiger partial charge in [-0.15, -0.1) is 0 Å². The highest BCUT2D eigenvalue weighted by molar-refractivity contribution is 5.96. The number of carboxylic acids is 1. The van der Waals surface area contributed by atoms with Gasteiger partial charge in [0.25, 0.3) is 11.6 Å². The monoisotopic (exact) mass is 269 g/mol. The summed E-state index contributed by atoms with van der Waals surface area (Å²) >= 11 is 0. The maximum atomic E-state index is 11.9. The molecule has 0 aromatic carbocycles. The molecule has 1 amide bonds. The number of hydrogen-bond donors (Lipinski definition) is 2.